The van der Waals surface area contributed by atoms with Crippen LogP contribution in [0.15, 0.2) is 48.6 Å². The Morgan fingerprint density at radius 1 is 0.410 bits per heavy atom. The summed E-state index contributed by atoms with van der Waals surface area (Å²) in [4.78, 5) is 23.5. The number of carbonyl (C=O) groups excluding carboxylic acids is 2. The zero-order valence-corrected chi connectivity index (χ0v) is 25.8. The highest BCUT2D eigenvalue weighted by atomic mass is 16.6. The molecule has 0 saturated carbocycles. The van der Waals surface area contributed by atoms with Crippen molar-refractivity contribution in [3.8, 4) is 0 Å². The van der Waals surface area contributed by atoms with E-state index in [-0.39, 0.29) is 0 Å². The molecule has 0 fully saturated rings. The Balaban J connectivity index is 3.58. The molecule has 0 radical (unpaired) electrons. The molecule has 0 atom stereocenters. The molecule has 3 nitrogen and oxygen atoms in total. The van der Waals surface area contributed by atoms with Gasteiger partial charge in [-0.1, -0.05) is 179 Å². The van der Waals surface area contributed by atoms with Gasteiger partial charge in [0.15, 0.2) is 0 Å². The van der Waals surface area contributed by atoms with Crippen molar-refractivity contribution in [2.45, 2.75) is 168 Å². The molecule has 0 aromatic heterocycles. The van der Waals surface area contributed by atoms with Crippen LogP contribution in [0.1, 0.15) is 168 Å². The van der Waals surface area contributed by atoms with Crippen molar-refractivity contribution >= 4 is 11.9 Å². The van der Waals surface area contributed by atoms with Crippen LogP contribution in [-0.2, 0) is 14.3 Å². The van der Waals surface area contributed by atoms with Gasteiger partial charge in [-0.05, 0) is 25.7 Å². The Morgan fingerprint density at radius 3 is 1.00 bits per heavy atom. The van der Waals surface area contributed by atoms with Crippen molar-refractivity contribution < 1.29 is 14.3 Å². The minimum atomic E-state index is -0.631. The van der Waals surface area contributed by atoms with Crippen molar-refractivity contribution in [2.75, 3.05) is 0 Å². The normalized spacial score (nSPS) is 12.1. The summed E-state index contributed by atoms with van der Waals surface area (Å²) in [6, 6.07) is 0. The van der Waals surface area contributed by atoms with E-state index in [9.17, 15) is 9.59 Å². The van der Waals surface area contributed by atoms with Gasteiger partial charge >= 0.3 is 11.9 Å². The van der Waals surface area contributed by atoms with Gasteiger partial charge in [0.2, 0.25) is 0 Å². The van der Waals surface area contributed by atoms with Crippen LogP contribution in [0.4, 0.5) is 0 Å². The number of carbonyl (C=O) groups is 2. The van der Waals surface area contributed by atoms with Crippen molar-refractivity contribution in [3.63, 3.8) is 0 Å². The molecule has 0 N–H and O–H groups in total. The summed E-state index contributed by atoms with van der Waals surface area (Å²) < 4.78 is 4.77. The van der Waals surface area contributed by atoms with Crippen molar-refractivity contribution in [1.29, 1.82) is 0 Å². The third-order valence-corrected chi connectivity index (χ3v) is 7.11. The number of hydrogen-bond acceptors (Lipinski definition) is 3. The maximum Gasteiger partial charge on any atom is 0.338 e. The summed E-state index contributed by atoms with van der Waals surface area (Å²) >= 11 is 0. The molecular weight excluding hydrogens is 480 g/mol. The van der Waals surface area contributed by atoms with Crippen molar-refractivity contribution in [3.05, 3.63) is 48.6 Å². The predicted octanol–water partition coefficient (Wildman–Crippen LogP) is 11.7. The first-order valence-corrected chi connectivity index (χ1v) is 16.6. The summed E-state index contributed by atoms with van der Waals surface area (Å²) in [5.74, 6) is -1.26. The molecule has 0 rings (SSSR count). The molecular formula is C36H62O3. The number of ether oxygens (including phenoxy) is 1. The molecule has 0 aromatic carbocycles. The van der Waals surface area contributed by atoms with Crippen LogP contribution in [0.25, 0.3) is 0 Å². The van der Waals surface area contributed by atoms with Crippen LogP contribution in [-0.4, -0.2) is 11.9 Å². The van der Waals surface area contributed by atoms with Crippen LogP contribution >= 0.6 is 0 Å². The summed E-state index contributed by atoms with van der Waals surface area (Å²) in [6.45, 7) is 4.53. The first-order valence-electron chi connectivity index (χ1n) is 16.6. The number of rotatable bonds is 28. The second-order valence-corrected chi connectivity index (χ2v) is 11.0. The van der Waals surface area contributed by atoms with E-state index in [1.807, 2.05) is 12.2 Å². The molecule has 3 heteroatoms. The molecule has 0 aromatic rings. The Morgan fingerprint density at radius 2 is 0.692 bits per heavy atom. The zero-order valence-electron chi connectivity index (χ0n) is 25.8. The van der Waals surface area contributed by atoms with Gasteiger partial charge in [-0.15, -0.1) is 0 Å². The van der Waals surface area contributed by atoms with Crippen molar-refractivity contribution in [1.82, 2.24) is 0 Å². The highest BCUT2D eigenvalue weighted by Gasteiger charge is 2.02. The number of allylic oxidation sites excluding steroid dienone is 6. The monoisotopic (exact) mass is 542 g/mol. The van der Waals surface area contributed by atoms with Gasteiger partial charge in [0.25, 0.3) is 0 Å². The summed E-state index contributed by atoms with van der Waals surface area (Å²) in [6.07, 6.45) is 45.3. The van der Waals surface area contributed by atoms with E-state index in [4.69, 9.17) is 4.74 Å². The van der Waals surface area contributed by atoms with Gasteiger partial charge in [-0.25, -0.2) is 9.59 Å². The van der Waals surface area contributed by atoms with E-state index in [0.717, 1.165) is 12.8 Å². The Hall–Kier alpha value is -1.90. The smallest absolute Gasteiger partial charge is 0.338 e. The molecule has 224 valence electrons. The fraction of sp³-hybridized carbons (Fsp3) is 0.722. The van der Waals surface area contributed by atoms with Crippen molar-refractivity contribution in [2.24, 2.45) is 0 Å². The molecule has 0 saturated heterocycles. The molecule has 0 aliphatic carbocycles. The molecule has 0 bridgehead atoms. The second-order valence-electron chi connectivity index (χ2n) is 11.0. The number of hydrogen-bond donors (Lipinski definition) is 0. The fourth-order valence-electron chi connectivity index (χ4n) is 4.64. The lowest BCUT2D eigenvalue weighted by atomic mass is 10.1. The highest BCUT2D eigenvalue weighted by Crippen LogP contribution is 2.13. The van der Waals surface area contributed by atoms with E-state index in [1.54, 1.807) is 12.2 Å². The van der Waals surface area contributed by atoms with Gasteiger partial charge in [-0.2, -0.15) is 0 Å². The zero-order chi connectivity index (χ0) is 28.5. The predicted molar refractivity (Wildman–Crippen MR) is 170 cm³/mol. The SMILES string of the molecule is CCCCCCCCCCCCC/C=C/C=C/C(=O)OC(=O)/C=C/C=C/CCCCCCCCCCCCC. The lowest BCUT2D eigenvalue weighted by molar-refractivity contribution is -0.152. The van der Waals surface area contributed by atoms with E-state index in [1.165, 1.54) is 153 Å². The third-order valence-electron chi connectivity index (χ3n) is 7.11. The largest absolute Gasteiger partial charge is 0.387 e. The molecule has 0 unspecified atom stereocenters. The quantitative estimate of drug-likeness (QED) is 0.0324. The minimum Gasteiger partial charge on any atom is -0.387 e. The van der Waals surface area contributed by atoms with E-state index >= 15 is 0 Å². The van der Waals surface area contributed by atoms with Crippen LogP contribution in [0.5, 0.6) is 0 Å². The van der Waals surface area contributed by atoms with Crippen LogP contribution in [0.3, 0.4) is 0 Å². The van der Waals surface area contributed by atoms with Gasteiger partial charge in [0, 0.05) is 12.2 Å². The average Bonchev–Trinajstić information content (AvgIpc) is 2.93. The van der Waals surface area contributed by atoms with Crippen LogP contribution in [0, 0.1) is 0 Å². The van der Waals surface area contributed by atoms with Gasteiger partial charge < -0.3 is 4.74 Å². The van der Waals surface area contributed by atoms with Gasteiger partial charge in [-0.3, -0.25) is 0 Å². The Bertz CT molecular complexity index is 600. The molecule has 0 aliphatic rings. The Kier molecular flexibility index (Phi) is 30.7. The van der Waals surface area contributed by atoms with E-state index in [0.29, 0.717) is 0 Å². The lowest BCUT2D eigenvalue weighted by Gasteiger charge is -2.01. The van der Waals surface area contributed by atoms with E-state index in [2.05, 4.69) is 26.0 Å². The maximum atomic E-state index is 11.7. The third kappa shape index (κ3) is 32.2. The fourth-order valence-corrected chi connectivity index (χ4v) is 4.64. The number of unbranched alkanes of at least 4 members (excludes halogenated alkanes) is 22. The topological polar surface area (TPSA) is 43.4 Å². The molecule has 0 spiro atoms. The molecule has 0 amide bonds. The summed E-state index contributed by atoms with van der Waals surface area (Å²) in [5.41, 5.74) is 0. The van der Waals surface area contributed by atoms with E-state index < -0.39 is 11.9 Å². The highest BCUT2D eigenvalue weighted by molar-refractivity contribution is 5.96. The van der Waals surface area contributed by atoms with Crippen LogP contribution in [0.2, 0.25) is 0 Å². The Labute approximate surface area is 242 Å². The molecule has 0 heterocycles. The lowest BCUT2D eigenvalue weighted by Crippen LogP contribution is -2.06. The summed E-state index contributed by atoms with van der Waals surface area (Å²) in [7, 11) is 0. The maximum absolute atomic E-state index is 11.7. The van der Waals surface area contributed by atoms with Gasteiger partial charge in [0.1, 0.15) is 0 Å². The number of esters is 2. The first kappa shape index (κ1) is 37.1. The second kappa shape index (κ2) is 32.3. The standard InChI is InChI=1S/C36H62O3/c1-3-5-7-9-11-13-15-17-19-21-23-25-27-29-31-33-35(37)39-36(38)34-32-30-28-26-24-22-20-18-16-14-12-10-8-6-4-2/h27-34H,3-26H2,1-2H3/b29-27+,30-28+,33-31+,34-32+. The van der Waals surface area contributed by atoms with Gasteiger partial charge in [0.05, 0.1) is 0 Å². The molecule has 0 aliphatic heterocycles. The minimum absolute atomic E-state index is 0.631. The van der Waals surface area contributed by atoms with Crippen LogP contribution < -0.4 is 0 Å². The molecule has 39 heavy (non-hydrogen) atoms. The average molecular weight is 543 g/mol. The summed E-state index contributed by atoms with van der Waals surface area (Å²) in [5, 5.41) is 0. The first-order chi connectivity index (χ1) is 19.2.